The summed E-state index contributed by atoms with van der Waals surface area (Å²) < 4.78 is 5.84. The van der Waals surface area contributed by atoms with Crippen LogP contribution in [-0.4, -0.2) is 21.4 Å². The zero-order valence-corrected chi connectivity index (χ0v) is 7.43. The molecule has 0 aliphatic rings. The van der Waals surface area contributed by atoms with Crippen LogP contribution in [0.2, 0.25) is 0 Å². The number of aryl methyl sites for hydroxylation is 1. The molecule has 0 bridgehead atoms. The van der Waals surface area contributed by atoms with Gasteiger partial charge in [-0.2, -0.15) is 0 Å². The summed E-state index contributed by atoms with van der Waals surface area (Å²) in [7, 11) is 0. The minimum atomic E-state index is -0.453. The van der Waals surface area contributed by atoms with Gasteiger partial charge in [0.05, 0.1) is 0 Å². The van der Waals surface area contributed by atoms with Crippen molar-refractivity contribution in [1.82, 2.24) is 9.72 Å². The van der Waals surface area contributed by atoms with Crippen LogP contribution in [0.4, 0.5) is 0 Å². The Labute approximate surface area is 75.3 Å². The number of aliphatic hydroxyl groups excluding tert-OH is 1. The third-order valence-electron chi connectivity index (χ3n) is 1.62. The van der Waals surface area contributed by atoms with Crippen molar-refractivity contribution in [1.29, 1.82) is 0 Å². The fourth-order valence-corrected chi connectivity index (χ4v) is 0.915. The molecule has 0 amide bonds. The molecule has 1 aromatic heterocycles. The Kier molecular flexibility index (Phi) is 3.45. The molecule has 0 aromatic carbocycles. The topological polar surface area (TPSA) is 68.3 Å². The Balaban J connectivity index is 2.59. The average Bonchev–Trinajstić information content (AvgIpc) is 2.42. The Bertz CT molecular complexity index is 337. The molecular weight excluding hydrogens is 172 g/mol. The molecule has 13 heavy (non-hydrogen) atoms. The maximum Gasteiger partial charge on any atom is 0.441 e. The van der Waals surface area contributed by atoms with Crippen molar-refractivity contribution in [3.8, 4) is 0 Å². The fourth-order valence-electron chi connectivity index (χ4n) is 0.915. The lowest BCUT2D eigenvalue weighted by atomic mass is 10.4. The van der Waals surface area contributed by atoms with Crippen LogP contribution in [0, 0.1) is 6.92 Å². The number of allylic oxidation sites excluding steroid dienone is 1. The predicted octanol–water partition coefficient (Wildman–Crippen LogP) is 0.0833. The third-order valence-corrected chi connectivity index (χ3v) is 1.62. The van der Waals surface area contributed by atoms with Crippen LogP contribution < -0.4 is 5.76 Å². The van der Waals surface area contributed by atoms with Gasteiger partial charge < -0.3 is 5.11 Å². The molecule has 72 valence electrons. The van der Waals surface area contributed by atoms with Gasteiger partial charge in [0, 0.05) is 13.2 Å². The summed E-state index contributed by atoms with van der Waals surface area (Å²) in [6.45, 7) is 2.26. The first-order valence-corrected chi connectivity index (χ1v) is 4.04. The molecule has 1 heterocycles. The van der Waals surface area contributed by atoms with Crippen molar-refractivity contribution in [3.05, 3.63) is 28.5 Å². The monoisotopic (exact) mass is 184 g/mol. The van der Waals surface area contributed by atoms with Gasteiger partial charge in [0.25, 0.3) is 0 Å². The second kappa shape index (κ2) is 4.61. The maximum atomic E-state index is 11.0. The highest BCUT2D eigenvalue weighted by Crippen LogP contribution is 1.90. The minimum Gasteiger partial charge on any atom is -0.396 e. The molecule has 5 nitrogen and oxygen atoms in total. The molecule has 0 radical (unpaired) electrons. The van der Waals surface area contributed by atoms with E-state index in [2.05, 4.69) is 9.68 Å². The van der Waals surface area contributed by atoms with Gasteiger partial charge in [-0.1, -0.05) is 17.3 Å². The molecular formula is C8H12N2O3. The van der Waals surface area contributed by atoms with E-state index in [0.717, 1.165) is 0 Å². The van der Waals surface area contributed by atoms with E-state index >= 15 is 0 Å². The average molecular weight is 184 g/mol. The lowest BCUT2D eigenvalue weighted by Crippen LogP contribution is -2.14. The van der Waals surface area contributed by atoms with Gasteiger partial charge in [0.15, 0.2) is 5.82 Å². The molecule has 5 heteroatoms. The van der Waals surface area contributed by atoms with Gasteiger partial charge in [-0.25, -0.2) is 4.79 Å². The molecule has 1 N–H and O–H groups in total. The smallest absolute Gasteiger partial charge is 0.396 e. The van der Waals surface area contributed by atoms with Crippen LogP contribution in [0.25, 0.3) is 0 Å². The quantitative estimate of drug-likeness (QED) is 0.673. The Morgan fingerprint density at radius 1 is 1.62 bits per heavy atom. The maximum absolute atomic E-state index is 11.0. The molecule has 0 aliphatic heterocycles. The SMILES string of the molecule is Cc1noc(=O)n1CC=CCCO. The van der Waals surface area contributed by atoms with E-state index in [0.29, 0.717) is 18.8 Å². The van der Waals surface area contributed by atoms with Crippen LogP contribution in [0.3, 0.4) is 0 Å². The van der Waals surface area contributed by atoms with E-state index in [1.165, 1.54) is 4.57 Å². The summed E-state index contributed by atoms with van der Waals surface area (Å²) in [6.07, 6.45) is 4.19. The zero-order valence-electron chi connectivity index (χ0n) is 7.43. The summed E-state index contributed by atoms with van der Waals surface area (Å²) in [6, 6.07) is 0. The van der Waals surface area contributed by atoms with Crippen molar-refractivity contribution < 1.29 is 9.63 Å². The minimum absolute atomic E-state index is 0.119. The number of hydrogen-bond acceptors (Lipinski definition) is 4. The van der Waals surface area contributed by atoms with Crippen LogP contribution in [0.15, 0.2) is 21.5 Å². The number of aliphatic hydroxyl groups is 1. The lowest BCUT2D eigenvalue weighted by Gasteiger charge is -1.93. The summed E-state index contributed by atoms with van der Waals surface area (Å²) >= 11 is 0. The van der Waals surface area contributed by atoms with E-state index < -0.39 is 5.76 Å². The molecule has 1 aromatic rings. The first-order valence-electron chi connectivity index (χ1n) is 4.04. The van der Waals surface area contributed by atoms with Gasteiger partial charge >= 0.3 is 5.76 Å². The predicted molar refractivity (Wildman–Crippen MR) is 46.3 cm³/mol. The molecule has 0 saturated heterocycles. The number of nitrogens with zero attached hydrogens (tertiary/aromatic N) is 2. The standard InChI is InChI=1S/C8H12N2O3/c1-7-9-13-8(12)10(7)5-3-2-4-6-11/h2-3,11H,4-6H2,1H3. The van der Waals surface area contributed by atoms with E-state index in [1.54, 1.807) is 19.1 Å². The van der Waals surface area contributed by atoms with Crippen LogP contribution in [0.1, 0.15) is 12.2 Å². The van der Waals surface area contributed by atoms with Gasteiger partial charge in [0.1, 0.15) is 0 Å². The van der Waals surface area contributed by atoms with E-state index in [1.807, 2.05) is 0 Å². The van der Waals surface area contributed by atoms with Gasteiger partial charge in [-0.3, -0.25) is 9.09 Å². The van der Waals surface area contributed by atoms with Crippen LogP contribution in [-0.2, 0) is 6.54 Å². The largest absolute Gasteiger partial charge is 0.441 e. The van der Waals surface area contributed by atoms with Crippen molar-refractivity contribution >= 4 is 0 Å². The molecule has 0 fully saturated rings. The van der Waals surface area contributed by atoms with Crippen molar-refractivity contribution in [2.45, 2.75) is 19.9 Å². The first-order chi connectivity index (χ1) is 6.25. The molecule has 0 unspecified atom stereocenters. The van der Waals surface area contributed by atoms with E-state index in [9.17, 15) is 4.79 Å². The Morgan fingerprint density at radius 2 is 2.38 bits per heavy atom. The third kappa shape index (κ3) is 2.55. The number of rotatable bonds is 4. The molecule has 0 saturated carbocycles. The normalized spacial score (nSPS) is 11.2. The number of aromatic nitrogens is 2. The second-order valence-electron chi connectivity index (χ2n) is 2.59. The first kappa shape index (κ1) is 9.73. The highest BCUT2D eigenvalue weighted by Gasteiger charge is 2.02. The van der Waals surface area contributed by atoms with Crippen LogP contribution >= 0.6 is 0 Å². The molecule has 0 atom stereocenters. The zero-order chi connectivity index (χ0) is 9.68. The Morgan fingerprint density at radius 3 is 2.92 bits per heavy atom. The van der Waals surface area contributed by atoms with Gasteiger partial charge in [-0.05, 0) is 13.3 Å². The van der Waals surface area contributed by atoms with Crippen LogP contribution in [0.5, 0.6) is 0 Å². The molecule has 1 rings (SSSR count). The second-order valence-corrected chi connectivity index (χ2v) is 2.59. The number of hydrogen-bond donors (Lipinski definition) is 1. The lowest BCUT2D eigenvalue weighted by molar-refractivity contribution is 0.302. The van der Waals surface area contributed by atoms with Crippen molar-refractivity contribution in [3.63, 3.8) is 0 Å². The Hall–Kier alpha value is -1.36. The van der Waals surface area contributed by atoms with E-state index in [-0.39, 0.29) is 6.61 Å². The highest BCUT2D eigenvalue weighted by atomic mass is 16.5. The van der Waals surface area contributed by atoms with Crippen molar-refractivity contribution in [2.24, 2.45) is 0 Å². The summed E-state index contributed by atoms with van der Waals surface area (Å²) in [5.41, 5.74) is 0. The molecule has 0 spiro atoms. The summed E-state index contributed by atoms with van der Waals surface area (Å²) in [5.74, 6) is 0.102. The van der Waals surface area contributed by atoms with Gasteiger partial charge in [0.2, 0.25) is 0 Å². The fraction of sp³-hybridized carbons (Fsp3) is 0.500. The van der Waals surface area contributed by atoms with E-state index in [4.69, 9.17) is 5.11 Å². The highest BCUT2D eigenvalue weighted by molar-refractivity contribution is 4.87. The van der Waals surface area contributed by atoms with Gasteiger partial charge in [-0.15, -0.1) is 0 Å². The molecule has 0 aliphatic carbocycles. The summed E-state index contributed by atoms with van der Waals surface area (Å²) in [5, 5.41) is 12.0. The summed E-state index contributed by atoms with van der Waals surface area (Å²) in [4.78, 5) is 11.0. The van der Waals surface area contributed by atoms with Crippen molar-refractivity contribution in [2.75, 3.05) is 6.61 Å².